The molecule has 172 valence electrons. The number of nitrogens with zero attached hydrogens (tertiary/aromatic N) is 4. The first-order valence-corrected chi connectivity index (χ1v) is 12.0. The molecule has 0 aliphatic carbocycles. The molecular formula is C21H32IN5O3S. The molecule has 3 rings (SSSR count). The molecule has 1 aliphatic rings. The molecule has 1 aromatic carbocycles. The summed E-state index contributed by atoms with van der Waals surface area (Å²) in [5.41, 5.74) is 2.94. The minimum absolute atomic E-state index is 0. The van der Waals surface area contributed by atoms with Gasteiger partial charge < -0.3 is 14.7 Å². The molecule has 0 radical (unpaired) electrons. The number of hydrogen-bond donors (Lipinski definition) is 1. The van der Waals surface area contributed by atoms with E-state index in [-0.39, 0.29) is 29.7 Å². The van der Waals surface area contributed by atoms with Crippen LogP contribution in [-0.4, -0.2) is 68.0 Å². The van der Waals surface area contributed by atoms with Crippen LogP contribution < -0.4 is 5.32 Å². The van der Waals surface area contributed by atoms with Gasteiger partial charge in [0.25, 0.3) is 0 Å². The van der Waals surface area contributed by atoms with Gasteiger partial charge in [0.1, 0.15) is 12.0 Å². The zero-order valence-electron chi connectivity index (χ0n) is 18.3. The van der Waals surface area contributed by atoms with E-state index in [9.17, 15) is 8.42 Å². The Labute approximate surface area is 202 Å². The zero-order chi connectivity index (χ0) is 21.6. The van der Waals surface area contributed by atoms with Crippen LogP contribution in [0.2, 0.25) is 0 Å². The smallest absolute Gasteiger partial charge is 0.220 e. The van der Waals surface area contributed by atoms with Crippen LogP contribution in [0.5, 0.6) is 0 Å². The van der Waals surface area contributed by atoms with Crippen molar-refractivity contribution in [1.29, 1.82) is 0 Å². The molecule has 0 bridgehead atoms. The molecule has 8 nitrogen and oxygen atoms in total. The first-order chi connectivity index (χ1) is 14.4. The SMILES string of the molecule is CCNC(=NCC(C)c1ccc(C)cc1)N1CCN(S(=O)(=O)Cc2ccon2)CC1.I. The molecular weight excluding hydrogens is 529 g/mol. The molecule has 1 aromatic heterocycles. The van der Waals surface area contributed by atoms with E-state index in [2.05, 4.69) is 53.5 Å². The molecule has 1 fully saturated rings. The second-order valence-corrected chi connectivity index (χ2v) is 9.61. The highest BCUT2D eigenvalue weighted by molar-refractivity contribution is 14.0. The van der Waals surface area contributed by atoms with E-state index >= 15 is 0 Å². The molecule has 1 saturated heterocycles. The fraction of sp³-hybridized carbons (Fsp3) is 0.524. The Kier molecular flexibility index (Phi) is 9.76. The van der Waals surface area contributed by atoms with Gasteiger partial charge in [0, 0.05) is 51.3 Å². The fourth-order valence-corrected chi connectivity index (χ4v) is 4.84. The number of sulfonamides is 1. The van der Waals surface area contributed by atoms with Gasteiger partial charge in [0.05, 0.1) is 5.69 Å². The van der Waals surface area contributed by atoms with Crippen molar-refractivity contribution in [2.75, 3.05) is 39.3 Å². The van der Waals surface area contributed by atoms with Crippen LogP contribution in [0.25, 0.3) is 0 Å². The fourth-order valence-electron chi connectivity index (χ4n) is 3.42. The van der Waals surface area contributed by atoms with Gasteiger partial charge in [-0.15, -0.1) is 24.0 Å². The third-order valence-electron chi connectivity index (χ3n) is 5.25. The predicted molar refractivity (Wildman–Crippen MR) is 133 cm³/mol. The van der Waals surface area contributed by atoms with E-state index in [0.29, 0.717) is 44.3 Å². The number of hydrogen-bond acceptors (Lipinski definition) is 5. The lowest BCUT2D eigenvalue weighted by Gasteiger charge is -2.35. The quantitative estimate of drug-likeness (QED) is 0.318. The maximum atomic E-state index is 12.6. The Morgan fingerprint density at radius 3 is 2.45 bits per heavy atom. The van der Waals surface area contributed by atoms with E-state index < -0.39 is 10.0 Å². The highest BCUT2D eigenvalue weighted by atomic mass is 127. The first-order valence-electron chi connectivity index (χ1n) is 10.4. The van der Waals surface area contributed by atoms with E-state index in [1.54, 1.807) is 6.07 Å². The number of piperazine rings is 1. The van der Waals surface area contributed by atoms with Crippen LogP contribution in [0, 0.1) is 6.92 Å². The van der Waals surface area contributed by atoms with Crippen LogP contribution in [0.4, 0.5) is 0 Å². The number of halogens is 1. The number of nitrogens with one attached hydrogen (secondary N) is 1. The van der Waals surface area contributed by atoms with Gasteiger partial charge in [0.2, 0.25) is 10.0 Å². The molecule has 1 N–H and O–H groups in total. The van der Waals surface area contributed by atoms with Crippen molar-refractivity contribution in [2.24, 2.45) is 4.99 Å². The molecule has 0 spiro atoms. The number of aromatic nitrogens is 1. The standard InChI is InChI=1S/C21H31N5O3S.HI/c1-4-22-21(23-15-18(3)19-7-5-17(2)6-8-19)25-10-12-26(13-11-25)30(27,28)16-20-9-14-29-24-20;/h5-9,14,18H,4,10-13,15-16H2,1-3H3,(H,22,23);1H. The van der Waals surface area contributed by atoms with Crippen molar-refractivity contribution in [3.63, 3.8) is 0 Å². The summed E-state index contributed by atoms with van der Waals surface area (Å²) in [6.07, 6.45) is 1.39. The Morgan fingerprint density at radius 1 is 1.19 bits per heavy atom. The van der Waals surface area contributed by atoms with Crippen LogP contribution in [0.15, 0.2) is 46.1 Å². The van der Waals surface area contributed by atoms with Gasteiger partial charge in [-0.25, -0.2) is 8.42 Å². The Balaban J connectivity index is 0.00000341. The van der Waals surface area contributed by atoms with Crippen molar-refractivity contribution < 1.29 is 12.9 Å². The number of aryl methyl sites for hydroxylation is 1. The number of benzene rings is 1. The van der Waals surface area contributed by atoms with Crippen molar-refractivity contribution >= 4 is 40.0 Å². The Hall–Kier alpha value is -1.66. The Bertz CT molecular complexity index is 924. The largest absolute Gasteiger partial charge is 0.364 e. The van der Waals surface area contributed by atoms with E-state index in [0.717, 1.165) is 12.5 Å². The molecule has 1 aliphatic heterocycles. The zero-order valence-corrected chi connectivity index (χ0v) is 21.5. The highest BCUT2D eigenvalue weighted by Crippen LogP contribution is 2.17. The van der Waals surface area contributed by atoms with Crippen LogP contribution in [0.3, 0.4) is 0 Å². The van der Waals surface area contributed by atoms with E-state index in [4.69, 9.17) is 9.52 Å². The molecule has 1 atom stereocenters. The molecule has 0 saturated carbocycles. The van der Waals surface area contributed by atoms with Gasteiger partial charge in [0.15, 0.2) is 5.96 Å². The van der Waals surface area contributed by atoms with E-state index in [1.807, 2.05) is 6.92 Å². The molecule has 2 heterocycles. The molecule has 2 aromatic rings. The van der Waals surface area contributed by atoms with Gasteiger partial charge in [-0.2, -0.15) is 4.31 Å². The maximum Gasteiger partial charge on any atom is 0.220 e. The van der Waals surface area contributed by atoms with Crippen molar-refractivity contribution in [3.8, 4) is 0 Å². The number of guanidine groups is 1. The van der Waals surface area contributed by atoms with E-state index in [1.165, 1.54) is 21.7 Å². The maximum absolute atomic E-state index is 12.6. The summed E-state index contributed by atoms with van der Waals surface area (Å²) in [7, 11) is -3.41. The van der Waals surface area contributed by atoms with Gasteiger partial charge >= 0.3 is 0 Å². The molecule has 1 unspecified atom stereocenters. The van der Waals surface area contributed by atoms with Crippen molar-refractivity contribution in [3.05, 3.63) is 53.4 Å². The van der Waals surface area contributed by atoms with Crippen LogP contribution in [0.1, 0.15) is 36.6 Å². The summed E-state index contributed by atoms with van der Waals surface area (Å²) in [5.74, 6) is 1.01. The summed E-state index contributed by atoms with van der Waals surface area (Å²) >= 11 is 0. The van der Waals surface area contributed by atoms with Gasteiger partial charge in [-0.05, 0) is 19.4 Å². The Morgan fingerprint density at radius 2 is 1.87 bits per heavy atom. The van der Waals surface area contributed by atoms with Gasteiger partial charge in [-0.3, -0.25) is 4.99 Å². The third kappa shape index (κ3) is 7.18. The topological polar surface area (TPSA) is 91.0 Å². The lowest BCUT2D eigenvalue weighted by atomic mass is 10.0. The van der Waals surface area contributed by atoms with Gasteiger partial charge in [-0.1, -0.05) is 41.9 Å². The minimum Gasteiger partial charge on any atom is -0.364 e. The molecule has 31 heavy (non-hydrogen) atoms. The summed E-state index contributed by atoms with van der Waals surface area (Å²) < 4.78 is 31.5. The summed E-state index contributed by atoms with van der Waals surface area (Å²) in [5, 5.41) is 7.06. The normalized spacial score (nSPS) is 16.6. The highest BCUT2D eigenvalue weighted by Gasteiger charge is 2.29. The second-order valence-electron chi connectivity index (χ2n) is 7.64. The van der Waals surface area contributed by atoms with Crippen LogP contribution >= 0.6 is 24.0 Å². The monoisotopic (exact) mass is 561 g/mol. The number of aliphatic imine (C=N–C) groups is 1. The van der Waals surface area contributed by atoms with Crippen molar-refractivity contribution in [2.45, 2.75) is 32.4 Å². The first kappa shape index (κ1) is 25.6. The predicted octanol–water partition coefficient (Wildman–Crippen LogP) is 2.82. The lowest BCUT2D eigenvalue weighted by Crippen LogP contribution is -2.54. The average molecular weight is 561 g/mol. The number of rotatable bonds is 7. The lowest BCUT2D eigenvalue weighted by molar-refractivity contribution is 0.259. The molecule has 10 heteroatoms. The third-order valence-corrected chi connectivity index (χ3v) is 7.06. The summed E-state index contributed by atoms with van der Waals surface area (Å²) in [4.78, 5) is 6.96. The average Bonchev–Trinajstić information content (AvgIpc) is 3.24. The summed E-state index contributed by atoms with van der Waals surface area (Å²) in [6, 6.07) is 10.1. The second kappa shape index (κ2) is 11.8. The van der Waals surface area contributed by atoms with Crippen LogP contribution in [-0.2, 0) is 15.8 Å². The minimum atomic E-state index is -3.41. The van der Waals surface area contributed by atoms with Crippen molar-refractivity contribution in [1.82, 2.24) is 19.7 Å². The summed E-state index contributed by atoms with van der Waals surface area (Å²) in [6.45, 7) is 9.80. The molecule has 0 amide bonds.